The molecule has 3 N–H and O–H groups in total. The van der Waals surface area contributed by atoms with Crippen LogP contribution in [-0.2, 0) is 0 Å². The van der Waals surface area contributed by atoms with Gasteiger partial charge in [-0.15, -0.1) is 0 Å². The van der Waals surface area contributed by atoms with E-state index < -0.39 is 10.8 Å². The van der Waals surface area contributed by atoms with E-state index in [2.05, 4.69) is 16.2 Å². The van der Waals surface area contributed by atoms with Crippen LogP contribution in [0.4, 0.5) is 11.4 Å². The van der Waals surface area contributed by atoms with Crippen molar-refractivity contribution in [2.45, 2.75) is 0 Å². The number of amides is 1. The zero-order valence-corrected chi connectivity index (χ0v) is 14.5. The van der Waals surface area contributed by atoms with E-state index in [1.165, 1.54) is 37.4 Å². The summed E-state index contributed by atoms with van der Waals surface area (Å²) in [7, 11) is 1.48. The Morgan fingerprint density at radius 3 is 2.48 bits per heavy atom. The molecule has 0 aromatic heterocycles. The Hall–Kier alpha value is -2.91. The summed E-state index contributed by atoms with van der Waals surface area (Å²) in [5, 5.41) is 13.4. The first-order chi connectivity index (χ1) is 11.9. The highest BCUT2D eigenvalue weighted by Gasteiger charge is 2.11. The number of methoxy groups -OCH3 is 1. The molecule has 0 heterocycles. The third-order valence-electron chi connectivity index (χ3n) is 3.04. The van der Waals surface area contributed by atoms with Crippen molar-refractivity contribution in [1.29, 1.82) is 0 Å². The molecule has 0 saturated heterocycles. The van der Waals surface area contributed by atoms with Gasteiger partial charge in [0.25, 0.3) is 11.6 Å². The minimum atomic E-state index is -0.498. The van der Waals surface area contributed by atoms with Crippen molar-refractivity contribution in [3.63, 3.8) is 0 Å². The standard InChI is InChI=1S/C15H13ClN4O4S/c1-24-13-7-2-9(8-12(13)16)14(21)17-15(25)19-18-10-3-5-11(6-4-10)20(22)23/h2-8,18H,1H3,(H2,17,19,21,25). The van der Waals surface area contributed by atoms with Gasteiger partial charge in [0.2, 0.25) is 0 Å². The molecule has 8 nitrogen and oxygen atoms in total. The fraction of sp³-hybridized carbons (Fsp3) is 0.0667. The van der Waals surface area contributed by atoms with E-state index in [-0.39, 0.29) is 10.8 Å². The monoisotopic (exact) mass is 380 g/mol. The van der Waals surface area contributed by atoms with Crippen LogP contribution < -0.4 is 20.9 Å². The highest BCUT2D eigenvalue weighted by molar-refractivity contribution is 7.80. The van der Waals surface area contributed by atoms with E-state index in [4.69, 9.17) is 28.6 Å². The summed E-state index contributed by atoms with van der Waals surface area (Å²) < 4.78 is 5.02. The van der Waals surface area contributed by atoms with Gasteiger partial charge in [0.1, 0.15) is 5.75 Å². The molecule has 130 valence electrons. The number of halogens is 1. The number of benzene rings is 2. The van der Waals surface area contributed by atoms with Crippen molar-refractivity contribution < 1.29 is 14.5 Å². The molecule has 25 heavy (non-hydrogen) atoms. The summed E-state index contributed by atoms with van der Waals surface area (Å²) in [4.78, 5) is 22.2. The molecule has 0 atom stereocenters. The van der Waals surface area contributed by atoms with Gasteiger partial charge in [-0.2, -0.15) is 0 Å². The average Bonchev–Trinajstić information content (AvgIpc) is 2.60. The van der Waals surface area contributed by atoms with E-state index >= 15 is 0 Å². The van der Waals surface area contributed by atoms with Crippen LogP contribution >= 0.6 is 23.8 Å². The predicted molar refractivity (Wildman–Crippen MR) is 97.9 cm³/mol. The van der Waals surface area contributed by atoms with Crippen molar-refractivity contribution in [3.8, 4) is 5.75 Å². The summed E-state index contributed by atoms with van der Waals surface area (Å²) in [6.07, 6.45) is 0. The van der Waals surface area contributed by atoms with Gasteiger partial charge < -0.3 is 4.74 Å². The summed E-state index contributed by atoms with van der Waals surface area (Å²) >= 11 is 11.0. The van der Waals surface area contributed by atoms with Gasteiger partial charge >= 0.3 is 0 Å². The number of hydrogen-bond donors (Lipinski definition) is 3. The topological polar surface area (TPSA) is 106 Å². The zero-order chi connectivity index (χ0) is 18.4. The maximum Gasteiger partial charge on any atom is 0.269 e. The Bertz CT molecular complexity index is 814. The van der Waals surface area contributed by atoms with Gasteiger partial charge in [-0.3, -0.25) is 31.1 Å². The number of ether oxygens (including phenoxy) is 1. The van der Waals surface area contributed by atoms with Crippen LogP contribution in [0.1, 0.15) is 10.4 Å². The average molecular weight is 381 g/mol. The quantitative estimate of drug-likeness (QED) is 0.416. The first-order valence-electron chi connectivity index (χ1n) is 6.86. The molecular weight excluding hydrogens is 368 g/mol. The highest BCUT2D eigenvalue weighted by atomic mass is 35.5. The Morgan fingerprint density at radius 1 is 1.24 bits per heavy atom. The largest absolute Gasteiger partial charge is 0.495 e. The molecule has 0 aliphatic rings. The summed E-state index contributed by atoms with van der Waals surface area (Å²) in [6.45, 7) is 0. The van der Waals surface area contributed by atoms with E-state index in [0.29, 0.717) is 22.0 Å². The molecule has 10 heteroatoms. The molecule has 2 aromatic carbocycles. The van der Waals surface area contributed by atoms with Crippen LogP contribution in [0, 0.1) is 10.1 Å². The van der Waals surface area contributed by atoms with Gasteiger partial charge in [0.15, 0.2) is 5.11 Å². The number of thiocarbonyl (C=S) groups is 1. The molecule has 0 spiro atoms. The Labute approximate surface area is 153 Å². The maximum atomic E-state index is 12.1. The minimum absolute atomic E-state index is 0.0234. The number of carbonyl (C=O) groups excluding carboxylic acids is 1. The number of rotatable bonds is 5. The van der Waals surface area contributed by atoms with Crippen molar-refractivity contribution in [1.82, 2.24) is 10.7 Å². The van der Waals surface area contributed by atoms with Crippen molar-refractivity contribution >= 4 is 46.2 Å². The fourth-order valence-corrected chi connectivity index (χ4v) is 2.21. The Morgan fingerprint density at radius 2 is 1.92 bits per heavy atom. The minimum Gasteiger partial charge on any atom is -0.495 e. The molecule has 0 fully saturated rings. The van der Waals surface area contributed by atoms with Crippen molar-refractivity contribution in [3.05, 3.63) is 63.2 Å². The van der Waals surface area contributed by atoms with E-state index in [1.54, 1.807) is 12.1 Å². The fourth-order valence-electron chi connectivity index (χ4n) is 1.81. The van der Waals surface area contributed by atoms with Gasteiger partial charge in [0, 0.05) is 17.7 Å². The third kappa shape index (κ3) is 5.03. The van der Waals surface area contributed by atoms with Crippen LogP contribution in [0.5, 0.6) is 5.75 Å². The number of nitrogens with one attached hydrogen (secondary N) is 3. The lowest BCUT2D eigenvalue weighted by Gasteiger charge is -2.12. The van der Waals surface area contributed by atoms with E-state index in [0.717, 1.165) is 0 Å². The second kappa shape index (κ2) is 8.27. The van der Waals surface area contributed by atoms with E-state index in [9.17, 15) is 14.9 Å². The molecule has 2 rings (SSSR count). The number of non-ortho nitro benzene ring substituents is 1. The van der Waals surface area contributed by atoms with Crippen LogP contribution in [0.15, 0.2) is 42.5 Å². The molecule has 0 saturated carbocycles. The number of hydrogen-bond acceptors (Lipinski definition) is 6. The van der Waals surface area contributed by atoms with Crippen molar-refractivity contribution in [2.75, 3.05) is 12.5 Å². The Kier molecular flexibility index (Phi) is 6.09. The van der Waals surface area contributed by atoms with Gasteiger partial charge in [-0.1, -0.05) is 11.6 Å². The maximum absolute atomic E-state index is 12.1. The number of hydrazine groups is 1. The highest BCUT2D eigenvalue weighted by Crippen LogP contribution is 2.24. The molecule has 0 unspecified atom stereocenters. The van der Waals surface area contributed by atoms with Crippen molar-refractivity contribution in [2.24, 2.45) is 0 Å². The second-order valence-corrected chi connectivity index (χ2v) is 5.50. The SMILES string of the molecule is COc1ccc(C(=O)NC(=S)NNc2ccc([N+](=O)[O-])cc2)cc1Cl. The number of nitrogens with zero attached hydrogens (tertiary/aromatic N) is 1. The van der Waals surface area contributed by atoms with Gasteiger partial charge in [0.05, 0.1) is 22.7 Å². The summed E-state index contributed by atoms with van der Waals surface area (Å²) in [5.41, 5.74) is 6.15. The zero-order valence-electron chi connectivity index (χ0n) is 12.9. The number of anilines is 1. The molecule has 0 radical (unpaired) electrons. The predicted octanol–water partition coefficient (Wildman–Crippen LogP) is 2.89. The molecule has 2 aromatic rings. The van der Waals surface area contributed by atoms with Crippen LogP contribution in [0.3, 0.4) is 0 Å². The number of nitro benzene ring substituents is 1. The molecule has 0 aliphatic carbocycles. The molecule has 0 bridgehead atoms. The smallest absolute Gasteiger partial charge is 0.269 e. The lowest BCUT2D eigenvalue weighted by Crippen LogP contribution is -2.41. The van der Waals surface area contributed by atoms with Crippen LogP contribution in [-0.4, -0.2) is 23.1 Å². The summed E-state index contributed by atoms with van der Waals surface area (Å²) in [5.74, 6) is 0.00584. The Balaban J connectivity index is 1.90. The van der Waals surface area contributed by atoms with Crippen LogP contribution in [0.2, 0.25) is 5.02 Å². The molecular formula is C15H13ClN4O4S. The lowest BCUT2D eigenvalue weighted by molar-refractivity contribution is -0.384. The van der Waals surface area contributed by atoms with E-state index in [1.807, 2.05) is 0 Å². The molecule has 0 aliphatic heterocycles. The lowest BCUT2D eigenvalue weighted by atomic mass is 10.2. The normalized spacial score (nSPS) is 9.84. The molecule has 1 amide bonds. The van der Waals surface area contributed by atoms with Gasteiger partial charge in [-0.05, 0) is 42.5 Å². The van der Waals surface area contributed by atoms with Gasteiger partial charge in [-0.25, -0.2) is 0 Å². The van der Waals surface area contributed by atoms with Crippen LogP contribution in [0.25, 0.3) is 0 Å². The number of nitro groups is 1. The first kappa shape index (κ1) is 18.4. The number of carbonyl (C=O) groups is 1. The third-order valence-corrected chi connectivity index (χ3v) is 3.54. The summed E-state index contributed by atoms with van der Waals surface area (Å²) in [6, 6.07) is 10.3. The first-order valence-corrected chi connectivity index (χ1v) is 7.64. The second-order valence-electron chi connectivity index (χ2n) is 4.69.